The fourth-order valence-electron chi connectivity index (χ4n) is 1.65. The van der Waals surface area contributed by atoms with Crippen LogP contribution in [0.4, 0.5) is 0 Å². The van der Waals surface area contributed by atoms with Crippen LogP contribution in [0, 0.1) is 13.8 Å². The SMILES string of the molecule is Cc1ccc2cc(C(N)=S)cc(C)c2n1. The average Bonchev–Trinajstić information content (AvgIpc) is 2.18. The van der Waals surface area contributed by atoms with Crippen LogP contribution in [0.25, 0.3) is 10.9 Å². The second-order valence-corrected chi connectivity index (χ2v) is 4.12. The molecule has 0 spiro atoms. The van der Waals surface area contributed by atoms with Gasteiger partial charge in [0.05, 0.1) is 5.52 Å². The first-order valence-electron chi connectivity index (χ1n) is 4.76. The van der Waals surface area contributed by atoms with Crippen LogP contribution >= 0.6 is 12.2 Å². The van der Waals surface area contributed by atoms with E-state index in [0.717, 1.165) is 27.7 Å². The van der Waals surface area contributed by atoms with E-state index in [1.807, 2.05) is 38.1 Å². The molecule has 1 aromatic heterocycles. The zero-order valence-corrected chi connectivity index (χ0v) is 9.56. The summed E-state index contributed by atoms with van der Waals surface area (Å²) >= 11 is 4.97. The third-order valence-electron chi connectivity index (χ3n) is 2.41. The van der Waals surface area contributed by atoms with Crippen molar-refractivity contribution in [3.8, 4) is 0 Å². The molecule has 15 heavy (non-hydrogen) atoms. The van der Waals surface area contributed by atoms with Gasteiger partial charge in [-0.3, -0.25) is 4.98 Å². The number of rotatable bonds is 1. The van der Waals surface area contributed by atoms with E-state index >= 15 is 0 Å². The number of pyridine rings is 1. The molecule has 2 N–H and O–H groups in total. The lowest BCUT2D eigenvalue weighted by atomic mass is 10.1. The van der Waals surface area contributed by atoms with E-state index in [9.17, 15) is 0 Å². The first kappa shape index (κ1) is 10.1. The molecule has 3 heteroatoms. The quantitative estimate of drug-likeness (QED) is 0.744. The van der Waals surface area contributed by atoms with Crippen LogP contribution in [-0.4, -0.2) is 9.97 Å². The Morgan fingerprint density at radius 1 is 1.27 bits per heavy atom. The molecule has 0 unspecified atom stereocenters. The van der Waals surface area contributed by atoms with Gasteiger partial charge < -0.3 is 5.73 Å². The highest BCUT2D eigenvalue weighted by atomic mass is 32.1. The Morgan fingerprint density at radius 2 is 2.00 bits per heavy atom. The summed E-state index contributed by atoms with van der Waals surface area (Å²) in [5.74, 6) is 0. The van der Waals surface area contributed by atoms with Gasteiger partial charge in [-0.05, 0) is 37.6 Å². The van der Waals surface area contributed by atoms with Gasteiger partial charge in [-0.25, -0.2) is 0 Å². The summed E-state index contributed by atoms with van der Waals surface area (Å²) in [6.07, 6.45) is 0. The summed E-state index contributed by atoms with van der Waals surface area (Å²) in [4.78, 5) is 4.92. The van der Waals surface area contributed by atoms with Crippen LogP contribution < -0.4 is 5.73 Å². The molecule has 0 bridgehead atoms. The summed E-state index contributed by atoms with van der Waals surface area (Å²) in [7, 11) is 0. The summed E-state index contributed by atoms with van der Waals surface area (Å²) in [5.41, 5.74) is 9.67. The third-order valence-corrected chi connectivity index (χ3v) is 2.64. The Balaban J connectivity index is 2.78. The van der Waals surface area contributed by atoms with Crippen molar-refractivity contribution in [1.82, 2.24) is 4.98 Å². The van der Waals surface area contributed by atoms with Crippen molar-refractivity contribution >= 4 is 28.1 Å². The molecule has 0 aliphatic heterocycles. The van der Waals surface area contributed by atoms with Crippen molar-refractivity contribution < 1.29 is 0 Å². The molecule has 2 rings (SSSR count). The Morgan fingerprint density at radius 3 is 2.67 bits per heavy atom. The van der Waals surface area contributed by atoms with Crippen LogP contribution in [0.3, 0.4) is 0 Å². The zero-order chi connectivity index (χ0) is 11.0. The van der Waals surface area contributed by atoms with E-state index in [4.69, 9.17) is 18.0 Å². The zero-order valence-electron chi connectivity index (χ0n) is 8.74. The molecule has 76 valence electrons. The fourth-order valence-corrected chi connectivity index (χ4v) is 1.77. The predicted molar refractivity (Wildman–Crippen MR) is 67.1 cm³/mol. The molecule has 0 saturated heterocycles. The van der Waals surface area contributed by atoms with Crippen LogP contribution in [0.15, 0.2) is 24.3 Å². The smallest absolute Gasteiger partial charge is 0.104 e. The number of nitrogens with zero attached hydrogens (tertiary/aromatic N) is 1. The largest absolute Gasteiger partial charge is 0.389 e. The molecule has 0 saturated carbocycles. The molecule has 1 aromatic carbocycles. The first-order valence-corrected chi connectivity index (χ1v) is 5.16. The van der Waals surface area contributed by atoms with Crippen molar-refractivity contribution in [3.05, 3.63) is 41.1 Å². The number of thiocarbonyl (C=S) groups is 1. The van der Waals surface area contributed by atoms with Gasteiger partial charge in [-0.1, -0.05) is 18.3 Å². The highest BCUT2D eigenvalue weighted by Gasteiger charge is 2.04. The van der Waals surface area contributed by atoms with Gasteiger partial charge in [0.15, 0.2) is 0 Å². The van der Waals surface area contributed by atoms with E-state index in [2.05, 4.69) is 4.98 Å². The minimum atomic E-state index is 0.431. The molecule has 0 fully saturated rings. The number of hydrogen-bond donors (Lipinski definition) is 1. The van der Waals surface area contributed by atoms with Crippen molar-refractivity contribution in [2.45, 2.75) is 13.8 Å². The van der Waals surface area contributed by atoms with E-state index in [-0.39, 0.29) is 0 Å². The second-order valence-electron chi connectivity index (χ2n) is 3.68. The molecule has 2 aromatic rings. The highest BCUT2D eigenvalue weighted by Crippen LogP contribution is 2.19. The van der Waals surface area contributed by atoms with Gasteiger partial charge in [0, 0.05) is 16.6 Å². The van der Waals surface area contributed by atoms with Gasteiger partial charge in [0.25, 0.3) is 0 Å². The van der Waals surface area contributed by atoms with E-state index in [1.54, 1.807) is 0 Å². The molecule has 1 heterocycles. The summed E-state index contributed by atoms with van der Waals surface area (Å²) < 4.78 is 0. The number of hydrogen-bond acceptors (Lipinski definition) is 2. The maximum absolute atomic E-state index is 5.61. The second kappa shape index (κ2) is 3.59. The van der Waals surface area contributed by atoms with Gasteiger partial charge in [-0.15, -0.1) is 0 Å². The summed E-state index contributed by atoms with van der Waals surface area (Å²) in [6.45, 7) is 4.01. The van der Waals surface area contributed by atoms with Crippen molar-refractivity contribution in [2.24, 2.45) is 5.73 Å². The Hall–Kier alpha value is -1.48. The van der Waals surface area contributed by atoms with Crippen molar-refractivity contribution in [3.63, 3.8) is 0 Å². The van der Waals surface area contributed by atoms with Gasteiger partial charge >= 0.3 is 0 Å². The lowest BCUT2D eigenvalue weighted by molar-refractivity contribution is 1.24. The molecular formula is C12H12N2S. The maximum Gasteiger partial charge on any atom is 0.104 e. The average molecular weight is 216 g/mol. The monoisotopic (exact) mass is 216 g/mol. The molecule has 0 aliphatic carbocycles. The van der Waals surface area contributed by atoms with E-state index < -0.39 is 0 Å². The van der Waals surface area contributed by atoms with Gasteiger partial charge in [-0.2, -0.15) is 0 Å². The third kappa shape index (κ3) is 1.83. The van der Waals surface area contributed by atoms with E-state index in [1.165, 1.54) is 0 Å². The molecular weight excluding hydrogens is 204 g/mol. The van der Waals surface area contributed by atoms with E-state index in [0.29, 0.717) is 4.99 Å². The van der Waals surface area contributed by atoms with Gasteiger partial charge in [0.2, 0.25) is 0 Å². The summed E-state index contributed by atoms with van der Waals surface area (Å²) in [5, 5.41) is 1.09. The highest BCUT2D eigenvalue weighted by molar-refractivity contribution is 7.80. The maximum atomic E-state index is 5.61. The number of aromatic nitrogens is 1. The molecule has 0 aliphatic rings. The number of fused-ring (bicyclic) bond motifs is 1. The first-order chi connectivity index (χ1) is 7.08. The molecule has 2 nitrogen and oxygen atoms in total. The Bertz CT molecular complexity index is 547. The molecule has 0 radical (unpaired) electrons. The lowest BCUT2D eigenvalue weighted by Gasteiger charge is -2.06. The number of benzene rings is 1. The van der Waals surface area contributed by atoms with Crippen molar-refractivity contribution in [1.29, 1.82) is 0 Å². The van der Waals surface area contributed by atoms with Crippen LogP contribution in [0.5, 0.6) is 0 Å². The normalized spacial score (nSPS) is 10.5. The minimum absolute atomic E-state index is 0.431. The molecule has 0 amide bonds. The summed E-state index contributed by atoms with van der Waals surface area (Å²) in [6, 6.07) is 8.01. The fraction of sp³-hybridized carbons (Fsp3) is 0.167. The predicted octanol–water partition coefficient (Wildman–Crippen LogP) is 2.49. The van der Waals surface area contributed by atoms with Crippen LogP contribution in [0.2, 0.25) is 0 Å². The number of aryl methyl sites for hydroxylation is 2. The van der Waals surface area contributed by atoms with Gasteiger partial charge in [0.1, 0.15) is 4.99 Å². The Labute approximate surface area is 94.1 Å². The van der Waals surface area contributed by atoms with Crippen molar-refractivity contribution in [2.75, 3.05) is 0 Å². The molecule has 0 atom stereocenters. The van der Waals surface area contributed by atoms with Crippen LogP contribution in [-0.2, 0) is 0 Å². The topological polar surface area (TPSA) is 38.9 Å². The van der Waals surface area contributed by atoms with Crippen LogP contribution in [0.1, 0.15) is 16.8 Å². The minimum Gasteiger partial charge on any atom is -0.389 e. The number of nitrogens with two attached hydrogens (primary N) is 1. The lowest BCUT2D eigenvalue weighted by Crippen LogP contribution is -2.09. The standard InChI is InChI=1S/C12H12N2S/c1-7-5-10(12(13)15)6-9-4-3-8(2)14-11(7)9/h3-6H,1-2H3,(H2,13,15). The Kier molecular flexibility index (Phi) is 2.40.